The maximum absolute atomic E-state index is 12.7. The number of benzene rings is 2. The van der Waals surface area contributed by atoms with Crippen molar-refractivity contribution in [1.82, 2.24) is 0 Å². The first-order valence-corrected chi connectivity index (χ1v) is 9.34. The van der Waals surface area contributed by atoms with E-state index in [1.54, 1.807) is 31.4 Å². The summed E-state index contributed by atoms with van der Waals surface area (Å²) < 4.78 is 22.1. The van der Waals surface area contributed by atoms with Gasteiger partial charge in [0.2, 0.25) is 6.79 Å². The van der Waals surface area contributed by atoms with Crippen LogP contribution in [-0.2, 0) is 31.2 Å². The lowest BCUT2D eigenvalue weighted by Gasteiger charge is -2.25. The van der Waals surface area contributed by atoms with Crippen LogP contribution < -0.4 is 4.74 Å². The third-order valence-corrected chi connectivity index (χ3v) is 5.18. The van der Waals surface area contributed by atoms with Crippen molar-refractivity contribution in [3.63, 3.8) is 0 Å². The molecule has 2 aromatic rings. The normalized spacial score (nSPS) is 21.1. The first kappa shape index (κ1) is 18.6. The zero-order valence-corrected chi connectivity index (χ0v) is 16.6. The van der Waals surface area contributed by atoms with E-state index in [2.05, 4.69) is 15.9 Å². The van der Waals surface area contributed by atoms with Gasteiger partial charge >= 0.3 is 5.97 Å². The number of carbonyl (C=O) groups is 1. The zero-order valence-electron chi connectivity index (χ0n) is 15.0. The van der Waals surface area contributed by atoms with Crippen LogP contribution in [0.25, 0.3) is 0 Å². The average molecular weight is 445 g/mol. The molecule has 4 rings (SSSR count). The van der Waals surface area contributed by atoms with Crippen LogP contribution in [0.2, 0.25) is 0 Å². The molecule has 0 aliphatic carbocycles. The Bertz CT molecular complexity index is 961. The predicted octanol–water partition coefficient (Wildman–Crippen LogP) is 3.54. The highest BCUT2D eigenvalue weighted by molar-refractivity contribution is 9.10. The molecule has 7 heteroatoms. The summed E-state index contributed by atoms with van der Waals surface area (Å²) in [6.07, 6.45) is 1.65. The van der Waals surface area contributed by atoms with E-state index >= 15 is 0 Å². The van der Waals surface area contributed by atoms with Crippen molar-refractivity contribution in [2.24, 2.45) is 0 Å². The minimum absolute atomic E-state index is 0.0125. The van der Waals surface area contributed by atoms with Gasteiger partial charge in [0.1, 0.15) is 17.6 Å². The molecule has 0 bridgehead atoms. The molecule has 2 aromatic carbocycles. The minimum Gasteiger partial charge on any atom is -0.497 e. The summed E-state index contributed by atoms with van der Waals surface area (Å²) in [5, 5.41) is 11.4. The molecule has 28 heavy (non-hydrogen) atoms. The summed E-state index contributed by atoms with van der Waals surface area (Å²) in [5.41, 5.74) is 1.89. The molecule has 0 saturated heterocycles. The number of cyclic esters (lactones) is 1. The highest BCUT2D eigenvalue weighted by atomic mass is 79.9. The molecule has 0 spiro atoms. The molecule has 1 atom stereocenters. The molecule has 144 valence electrons. The second kappa shape index (κ2) is 7.33. The molecule has 0 aromatic heterocycles. The smallest absolute Gasteiger partial charge is 0.345 e. The molecule has 0 saturated carbocycles. The SMILES string of the molecule is COc1ccc(C2(O)OC(=O)C(C3=COCO3)=C2Cc2ccc(Br)cc2)cc1. The molecule has 6 nitrogen and oxygen atoms in total. The molecule has 1 unspecified atom stereocenters. The molecular weight excluding hydrogens is 428 g/mol. The number of methoxy groups -OCH3 is 1. The second-order valence-electron chi connectivity index (χ2n) is 6.33. The summed E-state index contributed by atoms with van der Waals surface area (Å²) in [6, 6.07) is 14.3. The summed E-state index contributed by atoms with van der Waals surface area (Å²) in [4.78, 5) is 12.7. The Morgan fingerprint density at radius 2 is 1.86 bits per heavy atom. The Morgan fingerprint density at radius 1 is 1.14 bits per heavy atom. The monoisotopic (exact) mass is 444 g/mol. The van der Waals surface area contributed by atoms with Gasteiger partial charge < -0.3 is 24.1 Å². The molecular formula is C21H17BrO6. The van der Waals surface area contributed by atoms with Gasteiger partial charge in [0.05, 0.1) is 7.11 Å². The van der Waals surface area contributed by atoms with Crippen LogP contribution >= 0.6 is 15.9 Å². The van der Waals surface area contributed by atoms with Gasteiger partial charge in [-0.05, 0) is 42.0 Å². The molecule has 1 N–H and O–H groups in total. The molecule has 2 heterocycles. The quantitative estimate of drug-likeness (QED) is 0.710. The number of esters is 1. The number of hydrogen-bond donors (Lipinski definition) is 1. The van der Waals surface area contributed by atoms with Crippen LogP contribution in [0.5, 0.6) is 5.75 Å². The topological polar surface area (TPSA) is 74.2 Å². The lowest BCUT2D eigenvalue weighted by Crippen LogP contribution is -2.29. The van der Waals surface area contributed by atoms with Gasteiger partial charge in [0, 0.05) is 22.0 Å². The summed E-state index contributed by atoms with van der Waals surface area (Å²) in [5.74, 6) is -1.70. The molecule has 0 fully saturated rings. The highest BCUT2D eigenvalue weighted by Crippen LogP contribution is 2.44. The number of carbonyl (C=O) groups excluding carboxylic acids is 1. The van der Waals surface area contributed by atoms with E-state index in [9.17, 15) is 9.90 Å². The lowest BCUT2D eigenvalue weighted by molar-refractivity contribution is -0.186. The number of halogens is 1. The molecule has 2 aliphatic rings. The van der Waals surface area contributed by atoms with E-state index in [-0.39, 0.29) is 24.5 Å². The average Bonchev–Trinajstić information content (AvgIpc) is 3.31. The molecule has 0 radical (unpaired) electrons. The summed E-state index contributed by atoms with van der Waals surface area (Å²) >= 11 is 3.41. The van der Waals surface area contributed by atoms with E-state index in [4.69, 9.17) is 18.9 Å². The third-order valence-electron chi connectivity index (χ3n) is 4.65. The van der Waals surface area contributed by atoms with Crippen molar-refractivity contribution in [3.05, 3.63) is 87.3 Å². The maximum atomic E-state index is 12.7. The Labute approximate surface area is 170 Å². The van der Waals surface area contributed by atoms with Crippen molar-refractivity contribution < 1.29 is 28.8 Å². The van der Waals surface area contributed by atoms with Crippen molar-refractivity contribution in [2.75, 3.05) is 13.9 Å². The van der Waals surface area contributed by atoms with Crippen LogP contribution in [0.4, 0.5) is 0 Å². The van der Waals surface area contributed by atoms with Crippen LogP contribution in [0, 0.1) is 0 Å². The summed E-state index contributed by atoms with van der Waals surface area (Å²) in [7, 11) is 1.56. The van der Waals surface area contributed by atoms with E-state index in [0.29, 0.717) is 16.9 Å². The van der Waals surface area contributed by atoms with Crippen molar-refractivity contribution in [1.29, 1.82) is 0 Å². The first-order chi connectivity index (χ1) is 13.5. The van der Waals surface area contributed by atoms with Crippen LogP contribution in [0.3, 0.4) is 0 Å². The van der Waals surface area contributed by atoms with Crippen LogP contribution in [0.1, 0.15) is 11.1 Å². The largest absolute Gasteiger partial charge is 0.497 e. The van der Waals surface area contributed by atoms with Crippen LogP contribution in [0.15, 0.2) is 76.2 Å². The second-order valence-corrected chi connectivity index (χ2v) is 7.25. The Hall–Kier alpha value is -2.77. The maximum Gasteiger partial charge on any atom is 0.345 e. The fourth-order valence-electron chi connectivity index (χ4n) is 3.23. The van der Waals surface area contributed by atoms with E-state index in [1.165, 1.54) is 6.26 Å². The van der Waals surface area contributed by atoms with E-state index in [1.807, 2.05) is 24.3 Å². The fraction of sp³-hybridized carbons (Fsp3) is 0.190. The lowest BCUT2D eigenvalue weighted by atomic mass is 9.90. The molecule has 0 amide bonds. The number of hydrogen-bond acceptors (Lipinski definition) is 6. The van der Waals surface area contributed by atoms with Gasteiger partial charge in [-0.2, -0.15) is 0 Å². The van der Waals surface area contributed by atoms with Gasteiger partial charge in [-0.15, -0.1) is 0 Å². The standard InChI is InChI=1S/C21H17BrO6/c1-25-16-8-4-14(5-9-16)21(24)17(10-13-2-6-15(22)7-3-13)19(20(23)28-21)18-11-26-12-27-18/h2-9,11,24H,10,12H2,1H3. The van der Waals surface area contributed by atoms with Crippen molar-refractivity contribution in [3.8, 4) is 5.75 Å². The third kappa shape index (κ3) is 3.27. The van der Waals surface area contributed by atoms with Crippen LogP contribution in [-0.4, -0.2) is 25.0 Å². The van der Waals surface area contributed by atoms with Gasteiger partial charge in [-0.3, -0.25) is 0 Å². The van der Waals surface area contributed by atoms with Crippen molar-refractivity contribution >= 4 is 21.9 Å². The number of ether oxygens (including phenoxy) is 4. The number of rotatable bonds is 5. The Kier molecular flexibility index (Phi) is 4.87. The zero-order chi connectivity index (χ0) is 19.7. The number of aliphatic hydroxyl groups is 1. The molecule has 2 aliphatic heterocycles. The summed E-state index contributed by atoms with van der Waals surface area (Å²) in [6.45, 7) is 0.0125. The Morgan fingerprint density at radius 3 is 2.46 bits per heavy atom. The highest BCUT2D eigenvalue weighted by Gasteiger charge is 2.49. The van der Waals surface area contributed by atoms with Gasteiger partial charge in [-0.25, -0.2) is 4.79 Å². The first-order valence-electron chi connectivity index (χ1n) is 8.54. The van der Waals surface area contributed by atoms with Gasteiger partial charge in [0.15, 0.2) is 5.76 Å². The van der Waals surface area contributed by atoms with Gasteiger partial charge in [0.25, 0.3) is 5.79 Å². The minimum atomic E-state index is -1.92. The predicted molar refractivity (Wildman–Crippen MR) is 103 cm³/mol. The fourth-order valence-corrected chi connectivity index (χ4v) is 3.49. The Balaban J connectivity index is 1.82. The van der Waals surface area contributed by atoms with E-state index < -0.39 is 11.8 Å². The van der Waals surface area contributed by atoms with Gasteiger partial charge in [-0.1, -0.05) is 28.1 Å². The van der Waals surface area contributed by atoms with Crippen molar-refractivity contribution in [2.45, 2.75) is 12.2 Å². The van der Waals surface area contributed by atoms with E-state index in [0.717, 1.165) is 10.0 Å².